The van der Waals surface area contributed by atoms with Crippen molar-refractivity contribution in [2.75, 3.05) is 0 Å². The van der Waals surface area contributed by atoms with E-state index in [-0.39, 0.29) is 11.6 Å². The highest BCUT2D eigenvalue weighted by Gasteiger charge is 2.26. The normalized spacial score (nSPS) is 21.3. The van der Waals surface area contributed by atoms with E-state index in [1.165, 1.54) is 16.3 Å². The minimum Gasteiger partial charge on any atom is -0.475 e. The van der Waals surface area contributed by atoms with Gasteiger partial charge in [0.2, 0.25) is 5.90 Å². The fraction of sp³-hybridized carbons (Fsp3) is 0.316. The third kappa shape index (κ3) is 3.15. The minimum atomic E-state index is -0.0455. The van der Waals surface area contributed by atoms with Gasteiger partial charge in [0, 0.05) is 12.5 Å². The first kappa shape index (κ1) is 13.9. The van der Waals surface area contributed by atoms with Crippen LogP contribution in [0.5, 0.6) is 0 Å². The number of fused-ring (bicyclic) bond motifs is 1. The van der Waals surface area contributed by atoms with Gasteiger partial charge in [-0.15, -0.1) is 0 Å². The SMILES string of the molecule is CC1CC(C)(C)N=C(/C=C/c2cccc3ccccc23)O1. The molecule has 1 heterocycles. The van der Waals surface area contributed by atoms with Gasteiger partial charge in [0.1, 0.15) is 0 Å². The predicted molar refractivity (Wildman–Crippen MR) is 89.7 cm³/mol. The van der Waals surface area contributed by atoms with Gasteiger partial charge >= 0.3 is 0 Å². The number of aliphatic imine (C=N–C) groups is 1. The second-order valence-electron chi connectivity index (χ2n) is 6.30. The molecule has 0 N–H and O–H groups in total. The summed E-state index contributed by atoms with van der Waals surface area (Å²) in [5.41, 5.74) is 1.14. The van der Waals surface area contributed by atoms with Crippen molar-refractivity contribution in [1.82, 2.24) is 0 Å². The average molecular weight is 279 g/mol. The van der Waals surface area contributed by atoms with Crippen molar-refractivity contribution in [3.63, 3.8) is 0 Å². The highest BCUT2D eigenvalue weighted by molar-refractivity contribution is 5.97. The maximum atomic E-state index is 5.82. The Morgan fingerprint density at radius 1 is 1.10 bits per heavy atom. The second-order valence-corrected chi connectivity index (χ2v) is 6.30. The molecule has 1 atom stereocenters. The monoisotopic (exact) mass is 279 g/mol. The molecule has 3 rings (SSSR count). The van der Waals surface area contributed by atoms with Crippen LogP contribution >= 0.6 is 0 Å². The first-order valence-electron chi connectivity index (χ1n) is 7.46. The molecule has 0 amide bonds. The van der Waals surface area contributed by atoms with Crippen molar-refractivity contribution < 1.29 is 4.74 Å². The Morgan fingerprint density at radius 2 is 1.86 bits per heavy atom. The first-order chi connectivity index (χ1) is 10.0. The van der Waals surface area contributed by atoms with Crippen LogP contribution < -0.4 is 0 Å². The van der Waals surface area contributed by atoms with E-state index in [4.69, 9.17) is 4.74 Å². The van der Waals surface area contributed by atoms with Crippen molar-refractivity contribution in [2.45, 2.75) is 38.8 Å². The van der Waals surface area contributed by atoms with Gasteiger partial charge in [0.05, 0.1) is 11.6 Å². The van der Waals surface area contributed by atoms with Crippen molar-refractivity contribution in [1.29, 1.82) is 0 Å². The van der Waals surface area contributed by atoms with Crippen LogP contribution in [0.4, 0.5) is 0 Å². The zero-order chi connectivity index (χ0) is 14.9. The van der Waals surface area contributed by atoms with Crippen molar-refractivity contribution >= 4 is 22.7 Å². The number of ether oxygens (including phenoxy) is 1. The molecule has 0 radical (unpaired) electrons. The van der Waals surface area contributed by atoms with E-state index in [9.17, 15) is 0 Å². The summed E-state index contributed by atoms with van der Waals surface area (Å²) in [7, 11) is 0. The molecule has 0 aromatic heterocycles. The van der Waals surface area contributed by atoms with Crippen LogP contribution in [0, 0.1) is 0 Å². The summed E-state index contributed by atoms with van der Waals surface area (Å²) in [6, 6.07) is 14.7. The number of hydrogen-bond donors (Lipinski definition) is 0. The number of rotatable bonds is 2. The number of benzene rings is 2. The molecular formula is C19H21NO. The Bertz CT molecular complexity index is 707. The first-order valence-corrected chi connectivity index (χ1v) is 7.46. The van der Waals surface area contributed by atoms with Crippen LogP contribution in [0.25, 0.3) is 16.8 Å². The lowest BCUT2D eigenvalue weighted by molar-refractivity contribution is 0.147. The third-order valence-electron chi connectivity index (χ3n) is 3.75. The Labute approximate surface area is 126 Å². The summed E-state index contributed by atoms with van der Waals surface area (Å²) in [5, 5.41) is 2.50. The molecule has 108 valence electrons. The van der Waals surface area contributed by atoms with E-state index in [0.29, 0.717) is 0 Å². The molecule has 2 nitrogen and oxygen atoms in total. The summed E-state index contributed by atoms with van der Waals surface area (Å²) in [4.78, 5) is 4.67. The molecule has 0 fully saturated rings. The second kappa shape index (κ2) is 5.36. The Morgan fingerprint density at radius 3 is 2.67 bits per heavy atom. The summed E-state index contributed by atoms with van der Waals surface area (Å²) < 4.78 is 5.82. The van der Waals surface area contributed by atoms with Gasteiger partial charge in [-0.2, -0.15) is 0 Å². The van der Waals surface area contributed by atoms with E-state index in [1.807, 2.05) is 6.08 Å². The standard InChI is InChI=1S/C19H21NO/c1-14-13-19(2,3)20-18(21-14)12-11-16-9-6-8-15-7-4-5-10-17(15)16/h4-12,14H,13H2,1-3H3/b12-11+. The Balaban J connectivity index is 1.93. The van der Waals surface area contributed by atoms with Crippen molar-refractivity contribution in [3.05, 3.63) is 54.1 Å². The molecule has 0 bridgehead atoms. The lowest BCUT2D eigenvalue weighted by atomic mass is 9.97. The van der Waals surface area contributed by atoms with Gasteiger partial charge in [-0.05, 0) is 43.2 Å². The fourth-order valence-corrected chi connectivity index (χ4v) is 2.95. The quantitative estimate of drug-likeness (QED) is 0.771. The molecule has 1 aliphatic rings. The maximum absolute atomic E-state index is 5.82. The van der Waals surface area contributed by atoms with Gasteiger partial charge in [0.25, 0.3) is 0 Å². The highest BCUT2D eigenvalue weighted by atomic mass is 16.5. The molecular weight excluding hydrogens is 258 g/mol. The van der Waals surface area contributed by atoms with Gasteiger partial charge in [-0.25, -0.2) is 4.99 Å². The lowest BCUT2D eigenvalue weighted by Gasteiger charge is -2.30. The molecule has 0 aliphatic carbocycles. The van der Waals surface area contributed by atoms with E-state index < -0.39 is 0 Å². The Kier molecular flexibility index (Phi) is 3.54. The van der Waals surface area contributed by atoms with Crippen LogP contribution in [0.1, 0.15) is 32.8 Å². The molecule has 1 unspecified atom stereocenters. The summed E-state index contributed by atoms with van der Waals surface area (Å²) in [6.45, 7) is 6.40. The smallest absolute Gasteiger partial charge is 0.209 e. The van der Waals surface area contributed by atoms with E-state index >= 15 is 0 Å². The maximum Gasteiger partial charge on any atom is 0.209 e. The van der Waals surface area contributed by atoms with Gasteiger partial charge in [-0.1, -0.05) is 42.5 Å². The van der Waals surface area contributed by atoms with Crippen LogP contribution in [-0.2, 0) is 4.74 Å². The van der Waals surface area contributed by atoms with Crippen LogP contribution in [0.3, 0.4) is 0 Å². The highest BCUT2D eigenvalue weighted by Crippen LogP contribution is 2.25. The molecule has 21 heavy (non-hydrogen) atoms. The summed E-state index contributed by atoms with van der Waals surface area (Å²) in [6.07, 6.45) is 5.25. The lowest BCUT2D eigenvalue weighted by Crippen LogP contribution is -2.33. The topological polar surface area (TPSA) is 21.6 Å². The van der Waals surface area contributed by atoms with Gasteiger partial charge < -0.3 is 4.74 Å². The van der Waals surface area contributed by atoms with E-state index in [1.54, 1.807) is 0 Å². The average Bonchev–Trinajstić information content (AvgIpc) is 2.43. The molecule has 0 saturated carbocycles. The van der Waals surface area contributed by atoms with Crippen LogP contribution in [0.15, 0.2) is 53.5 Å². The van der Waals surface area contributed by atoms with Crippen molar-refractivity contribution in [3.8, 4) is 0 Å². The fourth-order valence-electron chi connectivity index (χ4n) is 2.95. The Hall–Kier alpha value is -2.09. The molecule has 2 heteroatoms. The molecule has 1 aliphatic heterocycles. The molecule has 2 aromatic rings. The zero-order valence-electron chi connectivity index (χ0n) is 12.8. The van der Waals surface area contributed by atoms with E-state index in [0.717, 1.165) is 12.3 Å². The minimum absolute atomic E-state index is 0.0455. The summed E-state index contributed by atoms with van der Waals surface area (Å²) >= 11 is 0. The molecule has 2 aromatic carbocycles. The van der Waals surface area contributed by atoms with Gasteiger partial charge in [0.15, 0.2) is 0 Å². The largest absolute Gasteiger partial charge is 0.475 e. The molecule has 0 spiro atoms. The third-order valence-corrected chi connectivity index (χ3v) is 3.75. The van der Waals surface area contributed by atoms with Crippen LogP contribution in [0.2, 0.25) is 0 Å². The summed E-state index contributed by atoms with van der Waals surface area (Å²) in [5.74, 6) is 0.728. The predicted octanol–water partition coefficient (Wildman–Crippen LogP) is 4.84. The van der Waals surface area contributed by atoms with Gasteiger partial charge in [-0.3, -0.25) is 0 Å². The zero-order valence-corrected chi connectivity index (χ0v) is 12.8. The molecule has 0 saturated heterocycles. The van der Waals surface area contributed by atoms with E-state index in [2.05, 4.69) is 74.3 Å². The van der Waals surface area contributed by atoms with Crippen molar-refractivity contribution in [2.24, 2.45) is 4.99 Å². The van der Waals surface area contributed by atoms with Crippen LogP contribution in [-0.4, -0.2) is 17.5 Å². The number of nitrogens with zero attached hydrogens (tertiary/aromatic N) is 1. The number of hydrogen-bond acceptors (Lipinski definition) is 2.